The zero-order valence-corrected chi connectivity index (χ0v) is 11.4. The summed E-state index contributed by atoms with van der Waals surface area (Å²) in [7, 11) is 0. The third-order valence-corrected chi connectivity index (χ3v) is 2.58. The molecule has 1 rings (SSSR count). The second kappa shape index (κ2) is 7.49. The van der Waals surface area contributed by atoms with Crippen molar-refractivity contribution in [2.24, 2.45) is 0 Å². The Morgan fingerprint density at radius 2 is 1.85 bits per heavy atom. The molecule has 3 N–H and O–H groups in total. The number of carbonyl (C=O) groups is 2. The van der Waals surface area contributed by atoms with Crippen molar-refractivity contribution in [3.63, 3.8) is 0 Å². The molecule has 0 fully saturated rings. The van der Waals surface area contributed by atoms with E-state index in [2.05, 4.69) is 5.32 Å². The van der Waals surface area contributed by atoms with Crippen molar-refractivity contribution in [1.82, 2.24) is 5.32 Å². The van der Waals surface area contributed by atoms with Crippen LogP contribution in [-0.2, 0) is 16.0 Å². The van der Waals surface area contributed by atoms with E-state index >= 15 is 0 Å². The number of aliphatic hydroxyl groups is 1. The summed E-state index contributed by atoms with van der Waals surface area (Å²) in [6.07, 6.45) is -2.58. The lowest BCUT2D eigenvalue weighted by Gasteiger charge is -2.22. The fraction of sp³-hybridized carbons (Fsp3) is 0.429. The maximum absolute atomic E-state index is 11.5. The van der Waals surface area contributed by atoms with E-state index < -0.39 is 24.2 Å². The molecule has 1 aromatic carbocycles. The molecule has 6 nitrogen and oxygen atoms in total. The molecular formula is C14H19NO5. The summed E-state index contributed by atoms with van der Waals surface area (Å²) >= 11 is 0. The fourth-order valence-corrected chi connectivity index (χ4v) is 1.68. The summed E-state index contributed by atoms with van der Waals surface area (Å²) in [4.78, 5) is 22.4. The van der Waals surface area contributed by atoms with Crippen LogP contribution < -0.4 is 5.32 Å². The summed E-state index contributed by atoms with van der Waals surface area (Å²) in [5.74, 6) is -1.39. The number of hydrogen-bond acceptors (Lipinski definition) is 4. The lowest BCUT2D eigenvalue weighted by atomic mass is 10.0. The minimum atomic E-state index is -1.70. The molecular weight excluding hydrogens is 262 g/mol. The van der Waals surface area contributed by atoms with E-state index in [1.807, 2.05) is 6.07 Å². The Balaban J connectivity index is 2.75. The lowest BCUT2D eigenvalue weighted by molar-refractivity contribution is -0.148. The van der Waals surface area contributed by atoms with E-state index in [1.54, 1.807) is 38.1 Å². The van der Waals surface area contributed by atoms with Crippen LogP contribution in [-0.4, -0.2) is 40.5 Å². The number of benzene rings is 1. The van der Waals surface area contributed by atoms with E-state index in [0.717, 1.165) is 5.56 Å². The van der Waals surface area contributed by atoms with Gasteiger partial charge in [0.15, 0.2) is 6.10 Å². The molecule has 0 aliphatic rings. The molecule has 2 atom stereocenters. The number of ether oxygens (including phenoxy) is 1. The van der Waals surface area contributed by atoms with Crippen molar-refractivity contribution in [1.29, 1.82) is 0 Å². The van der Waals surface area contributed by atoms with Crippen LogP contribution in [0.5, 0.6) is 0 Å². The van der Waals surface area contributed by atoms with Crippen LogP contribution in [0.4, 0.5) is 4.79 Å². The second-order valence-electron chi connectivity index (χ2n) is 4.68. The molecule has 0 unspecified atom stereocenters. The molecule has 0 radical (unpaired) electrons. The third-order valence-electron chi connectivity index (χ3n) is 2.58. The number of carboxylic acids is 1. The largest absolute Gasteiger partial charge is 0.479 e. The molecule has 0 aromatic heterocycles. The third kappa shape index (κ3) is 5.27. The molecule has 20 heavy (non-hydrogen) atoms. The van der Waals surface area contributed by atoms with E-state index in [1.165, 1.54) is 0 Å². The number of rotatable bonds is 6. The number of hydrogen-bond donors (Lipinski definition) is 3. The number of alkyl carbamates (subject to hydrolysis) is 1. The van der Waals surface area contributed by atoms with Crippen LogP contribution in [0.3, 0.4) is 0 Å². The minimum Gasteiger partial charge on any atom is -0.479 e. The zero-order chi connectivity index (χ0) is 15.1. The Hall–Kier alpha value is -2.08. The number of carboxylic acid groups (broad SMARTS) is 1. The van der Waals surface area contributed by atoms with Crippen molar-refractivity contribution < 1.29 is 24.5 Å². The molecule has 1 aromatic rings. The first-order valence-electron chi connectivity index (χ1n) is 6.32. The smallest absolute Gasteiger partial charge is 0.407 e. The molecule has 1 amide bonds. The topological polar surface area (TPSA) is 95.9 Å². The predicted molar refractivity (Wildman–Crippen MR) is 72.3 cm³/mol. The maximum atomic E-state index is 11.5. The molecule has 110 valence electrons. The van der Waals surface area contributed by atoms with Crippen LogP contribution in [0.2, 0.25) is 0 Å². The summed E-state index contributed by atoms with van der Waals surface area (Å²) < 4.78 is 4.89. The lowest BCUT2D eigenvalue weighted by Crippen LogP contribution is -2.48. The van der Waals surface area contributed by atoms with Crippen molar-refractivity contribution in [3.8, 4) is 0 Å². The average molecular weight is 281 g/mol. The van der Waals surface area contributed by atoms with Crippen molar-refractivity contribution in [2.45, 2.75) is 38.5 Å². The highest BCUT2D eigenvalue weighted by Gasteiger charge is 2.28. The van der Waals surface area contributed by atoms with E-state index in [0.29, 0.717) is 0 Å². The summed E-state index contributed by atoms with van der Waals surface area (Å²) in [5, 5.41) is 20.9. The molecule has 0 saturated carbocycles. The first-order valence-corrected chi connectivity index (χ1v) is 6.32. The number of nitrogens with one attached hydrogen (secondary N) is 1. The molecule has 0 spiro atoms. The van der Waals surface area contributed by atoms with Gasteiger partial charge in [-0.3, -0.25) is 0 Å². The Kier molecular flexibility index (Phi) is 5.99. The van der Waals surface area contributed by atoms with E-state index in [9.17, 15) is 14.7 Å². The molecule has 0 bridgehead atoms. The monoisotopic (exact) mass is 281 g/mol. The zero-order valence-electron chi connectivity index (χ0n) is 11.4. The normalized spacial score (nSPS) is 13.6. The second-order valence-corrected chi connectivity index (χ2v) is 4.68. The molecule has 0 aliphatic heterocycles. The van der Waals surface area contributed by atoms with Crippen LogP contribution in [0, 0.1) is 0 Å². The minimum absolute atomic E-state index is 0.196. The number of aliphatic hydroxyl groups excluding tert-OH is 1. The number of carbonyl (C=O) groups excluding carboxylic acids is 1. The summed E-state index contributed by atoms with van der Waals surface area (Å²) in [6.45, 7) is 3.36. The molecule has 6 heteroatoms. The van der Waals surface area contributed by atoms with Gasteiger partial charge in [-0.2, -0.15) is 0 Å². The maximum Gasteiger partial charge on any atom is 0.407 e. The van der Waals surface area contributed by atoms with Crippen LogP contribution in [0.1, 0.15) is 19.4 Å². The van der Waals surface area contributed by atoms with Gasteiger partial charge in [-0.05, 0) is 25.8 Å². The molecule has 0 aliphatic carbocycles. The fourth-order valence-electron chi connectivity index (χ4n) is 1.68. The van der Waals surface area contributed by atoms with Gasteiger partial charge in [0.05, 0.1) is 12.1 Å². The first kappa shape index (κ1) is 16.0. The van der Waals surface area contributed by atoms with Crippen LogP contribution in [0.15, 0.2) is 30.3 Å². The van der Waals surface area contributed by atoms with Gasteiger partial charge in [-0.15, -0.1) is 0 Å². The van der Waals surface area contributed by atoms with Gasteiger partial charge in [-0.25, -0.2) is 9.59 Å². The molecule has 0 heterocycles. The van der Waals surface area contributed by atoms with Gasteiger partial charge in [0, 0.05) is 0 Å². The Labute approximate surface area is 117 Å². The van der Waals surface area contributed by atoms with Crippen molar-refractivity contribution in [3.05, 3.63) is 35.9 Å². The summed E-state index contributed by atoms with van der Waals surface area (Å²) in [5.41, 5.74) is 0.808. The number of amides is 1. The first-order chi connectivity index (χ1) is 9.40. The van der Waals surface area contributed by atoms with Crippen LogP contribution >= 0.6 is 0 Å². The van der Waals surface area contributed by atoms with Gasteiger partial charge < -0.3 is 20.3 Å². The van der Waals surface area contributed by atoms with Gasteiger partial charge in [0.1, 0.15) is 0 Å². The average Bonchev–Trinajstić information content (AvgIpc) is 2.37. The van der Waals surface area contributed by atoms with Gasteiger partial charge >= 0.3 is 12.1 Å². The Morgan fingerprint density at radius 3 is 2.35 bits per heavy atom. The highest BCUT2D eigenvalue weighted by Crippen LogP contribution is 2.07. The number of aliphatic carboxylic acids is 1. The highest BCUT2D eigenvalue weighted by molar-refractivity contribution is 5.75. The standard InChI is InChI=1S/C14H19NO5/c1-9(2)20-14(19)15-11(12(16)13(17)18)8-10-6-4-3-5-7-10/h3-7,9,11-12,16H,8H2,1-2H3,(H,15,19)(H,17,18)/t11-,12+/m0/s1. The predicted octanol–water partition coefficient (Wildman–Crippen LogP) is 1.18. The van der Waals surface area contributed by atoms with Crippen molar-refractivity contribution >= 4 is 12.1 Å². The van der Waals surface area contributed by atoms with Crippen LogP contribution in [0.25, 0.3) is 0 Å². The van der Waals surface area contributed by atoms with Gasteiger partial charge in [0.25, 0.3) is 0 Å². The Morgan fingerprint density at radius 1 is 1.25 bits per heavy atom. The SMILES string of the molecule is CC(C)OC(=O)N[C@@H](Cc1ccccc1)[C@@H](O)C(=O)O. The Bertz CT molecular complexity index is 446. The quantitative estimate of drug-likeness (QED) is 0.727. The van der Waals surface area contributed by atoms with E-state index in [-0.39, 0.29) is 12.5 Å². The molecule has 0 saturated heterocycles. The highest BCUT2D eigenvalue weighted by atomic mass is 16.6. The summed E-state index contributed by atoms with van der Waals surface area (Å²) in [6, 6.07) is 8.04. The van der Waals surface area contributed by atoms with E-state index in [4.69, 9.17) is 9.84 Å². The van der Waals surface area contributed by atoms with Crippen molar-refractivity contribution in [2.75, 3.05) is 0 Å². The van der Waals surface area contributed by atoms with Gasteiger partial charge in [-0.1, -0.05) is 30.3 Å². The van der Waals surface area contributed by atoms with Gasteiger partial charge in [0.2, 0.25) is 0 Å².